The average molecular weight is 228 g/mol. The molecular weight excluding hydrogens is 208 g/mol. The quantitative estimate of drug-likeness (QED) is 0.587. The number of carbonyl (C=O) groups excluding carboxylic acids is 1. The first kappa shape index (κ1) is 13.0. The molecule has 92 valence electrons. The molecule has 16 heavy (non-hydrogen) atoms. The van der Waals surface area contributed by atoms with E-state index in [9.17, 15) is 9.59 Å². The second-order valence-corrected chi connectivity index (χ2v) is 4.46. The minimum atomic E-state index is -0.817. The highest BCUT2D eigenvalue weighted by Gasteiger charge is 2.23. The molecule has 1 aliphatic carbocycles. The van der Waals surface area contributed by atoms with Crippen LogP contribution in [0.25, 0.3) is 0 Å². The van der Waals surface area contributed by atoms with E-state index < -0.39 is 11.9 Å². The lowest BCUT2D eigenvalue weighted by atomic mass is 10.0. The number of hydrogen-bond donors (Lipinski definition) is 3. The van der Waals surface area contributed by atoms with Gasteiger partial charge < -0.3 is 15.7 Å². The van der Waals surface area contributed by atoms with Crippen molar-refractivity contribution in [3.8, 4) is 0 Å². The van der Waals surface area contributed by atoms with Gasteiger partial charge in [-0.05, 0) is 19.8 Å². The van der Waals surface area contributed by atoms with Crippen LogP contribution >= 0.6 is 0 Å². The van der Waals surface area contributed by atoms with E-state index in [1.54, 1.807) is 6.92 Å². The van der Waals surface area contributed by atoms with Gasteiger partial charge in [-0.15, -0.1) is 0 Å². The van der Waals surface area contributed by atoms with Gasteiger partial charge in [0.05, 0.1) is 5.92 Å². The van der Waals surface area contributed by atoms with E-state index in [-0.39, 0.29) is 11.9 Å². The first-order valence-corrected chi connectivity index (χ1v) is 5.76. The Morgan fingerprint density at radius 1 is 1.38 bits per heavy atom. The van der Waals surface area contributed by atoms with Gasteiger partial charge in [0.1, 0.15) is 0 Å². The third-order valence-electron chi connectivity index (χ3n) is 2.90. The molecule has 1 rings (SSSR count). The van der Waals surface area contributed by atoms with Crippen molar-refractivity contribution in [3.63, 3.8) is 0 Å². The van der Waals surface area contributed by atoms with Gasteiger partial charge in [-0.1, -0.05) is 6.92 Å². The fourth-order valence-corrected chi connectivity index (χ4v) is 1.33. The van der Waals surface area contributed by atoms with Crippen LogP contribution in [0.1, 0.15) is 33.1 Å². The Morgan fingerprint density at radius 2 is 2.00 bits per heavy atom. The zero-order valence-electron chi connectivity index (χ0n) is 9.82. The first-order valence-electron chi connectivity index (χ1n) is 5.76. The number of carboxylic acids is 1. The maximum atomic E-state index is 11.3. The van der Waals surface area contributed by atoms with E-state index in [2.05, 4.69) is 10.6 Å². The van der Waals surface area contributed by atoms with Crippen LogP contribution in [0.3, 0.4) is 0 Å². The SMILES string of the molecule is CC(NCCC(=O)NC1CC1)C(C)C(=O)O. The van der Waals surface area contributed by atoms with Crippen molar-refractivity contribution in [2.75, 3.05) is 6.54 Å². The Kier molecular flexibility index (Phi) is 4.73. The molecule has 0 aromatic carbocycles. The van der Waals surface area contributed by atoms with Gasteiger partial charge in [0.2, 0.25) is 5.91 Å². The Hall–Kier alpha value is -1.10. The van der Waals surface area contributed by atoms with Crippen molar-refractivity contribution in [3.05, 3.63) is 0 Å². The molecule has 0 aromatic heterocycles. The molecule has 0 radical (unpaired) electrons. The van der Waals surface area contributed by atoms with Crippen LogP contribution in [0.5, 0.6) is 0 Å². The number of carbonyl (C=O) groups is 2. The largest absolute Gasteiger partial charge is 0.481 e. The highest BCUT2D eigenvalue weighted by atomic mass is 16.4. The number of rotatable bonds is 7. The number of nitrogens with one attached hydrogen (secondary N) is 2. The highest BCUT2D eigenvalue weighted by Crippen LogP contribution is 2.18. The predicted octanol–water partition coefficient (Wildman–Crippen LogP) is 0.354. The topological polar surface area (TPSA) is 78.4 Å². The fourth-order valence-electron chi connectivity index (χ4n) is 1.33. The van der Waals surface area contributed by atoms with Gasteiger partial charge in [-0.25, -0.2) is 0 Å². The van der Waals surface area contributed by atoms with Crippen molar-refractivity contribution in [2.24, 2.45) is 5.92 Å². The van der Waals surface area contributed by atoms with E-state index in [4.69, 9.17) is 5.11 Å². The minimum absolute atomic E-state index is 0.0465. The van der Waals surface area contributed by atoms with E-state index in [1.807, 2.05) is 6.92 Å². The van der Waals surface area contributed by atoms with Crippen LogP contribution in [-0.2, 0) is 9.59 Å². The molecular formula is C11H20N2O3. The molecule has 1 aliphatic rings. The lowest BCUT2D eigenvalue weighted by molar-refractivity contribution is -0.141. The molecule has 0 bridgehead atoms. The molecule has 0 saturated heterocycles. The van der Waals surface area contributed by atoms with Gasteiger partial charge in [-0.3, -0.25) is 9.59 Å². The van der Waals surface area contributed by atoms with E-state index in [1.165, 1.54) is 0 Å². The Labute approximate surface area is 95.6 Å². The normalized spacial score (nSPS) is 18.9. The maximum Gasteiger partial charge on any atom is 0.307 e. The monoisotopic (exact) mass is 228 g/mol. The van der Waals surface area contributed by atoms with Crippen LogP contribution in [0.2, 0.25) is 0 Å². The summed E-state index contributed by atoms with van der Waals surface area (Å²) in [7, 11) is 0. The number of hydrogen-bond acceptors (Lipinski definition) is 3. The zero-order valence-corrected chi connectivity index (χ0v) is 9.82. The van der Waals surface area contributed by atoms with Crippen molar-refractivity contribution in [2.45, 2.75) is 45.2 Å². The van der Waals surface area contributed by atoms with E-state index in [0.717, 1.165) is 12.8 Å². The molecule has 2 atom stereocenters. The van der Waals surface area contributed by atoms with Gasteiger partial charge in [0.15, 0.2) is 0 Å². The third kappa shape index (κ3) is 4.61. The summed E-state index contributed by atoms with van der Waals surface area (Å²) in [5.41, 5.74) is 0. The summed E-state index contributed by atoms with van der Waals surface area (Å²) >= 11 is 0. The highest BCUT2D eigenvalue weighted by molar-refractivity contribution is 5.76. The second kappa shape index (κ2) is 5.84. The molecule has 1 amide bonds. The molecule has 0 aliphatic heterocycles. The number of carboxylic acid groups (broad SMARTS) is 1. The minimum Gasteiger partial charge on any atom is -0.481 e. The summed E-state index contributed by atoms with van der Waals surface area (Å²) in [5, 5.41) is 14.7. The molecule has 1 saturated carbocycles. The molecule has 0 spiro atoms. The summed E-state index contributed by atoms with van der Waals surface area (Å²) < 4.78 is 0. The van der Waals surface area contributed by atoms with Crippen LogP contribution in [-0.4, -0.2) is 35.6 Å². The lowest BCUT2D eigenvalue weighted by Crippen LogP contribution is -2.38. The summed E-state index contributed by atoms with van der Waals surface area (Å²) in [5.74, 6) is -1.21. The maximum absolute atomic E-state index is 11.3. The lowest BCUT2D eigenvalue weighted by Gasteiger charge is -2.17. The molecule has 0 heterocycles. The van der Waals surface area contributed by atoms with Gasteiger partial charge in [0.25, 0.3) is 0 Å². The average Bonchev–Trinajstić information content (AvgIpc) is 3.00. The smallest absolute Gasteiger partial charge is 0.307 e. The molecule has 5 nitrogen and oxygen atoms in total. The van der Waals surface area contributed by atoms with Crippen LogP contribution < -0.4 is 10.6 Å². The van der Waals surface area contributed by atoms with Crippen LogP contribution in [0, 0.1) is 5.92 Å². The van der Waals surface area contributed by atoms with E-state index in [0.29, 0.717) is 19.0 Å². The predicted molar refractivity (Wildman–Crippen MR) is 60.0 cm³/mol. The van der Waals surface area contributed by atoms with Crippen molar-refractivity contribution < 1.29 is 14.7 Å². The Morgan fingerprint density at radius 3 is 2.50 bits per heavy atom. The summed E-state index contributed by atoms with van der Waals surface area (Å²) in [6.45, 7) is 4.00. The van der Waals surface area contributed by atoms with Crippen molar-refractivity contribution >= 4 is 11.9 Å². The molecule has 0 aromatic rings. The van der Waals surface area contributed by atoms with Crippen molar-refractivity contribution in [1.82, 2.24) is 10.6 Å². The van der Waals surface area contributed by atoms with Crippen LogP contribution in [0.15, 0.2) is 0 Å². The van der Waals surface area contributed by atoms with Crippen molar-refractivity contribution in [1.29, 1.82) is 0 Å². The van der Waals surface area contributed by atoms with Gasteiger partial charge >= 0.3 is 5.97 Å². The third-order valence-corrected chi connectivity index (χ3v) is 2.90. The van der Waals surface area contributed by atoms with E-state index >= 15 is 0 Å². The Balaban J connectivity index is 2.08. The molecule has 2 unspecified atom stereocenters. The molecule has 1 fully saturated rings. The Bertz CT molecular complexity index is 264. The second-order valence-electron chi connectivity index (χ2n) is 4.46. The summed E-state index contributed by atoms with van der Waals surface area (Å²) in [6.07, 6.45) is 2.59. The number of amides is 1. The standard InChI is InChI=1S/C11H20N2O3/c1-7(11(15)16)8(2)12-6-5-10(14)13-9-3-4-9/h7-9,12H,3-6H2,1-2H3,(H,13,14)(H,15,16). The zero-order chi connectivity index (χ0) is 12.1. The number of aliphatic carboxylic acids is 1. The van der Waals surface area contributed by atoms with Gasteiger partial charge in [0, 0.05) is 25.0 Å². The summed E-state index contributed by atoms with van der Waals surface area (Å²) in [6, 6.07) is 0.272. The molecule has 3 N–H and O–H groups in total. The first-order chi connectivity index (χ1) is 7.50. The fraction of sp³-hybridized carbons (Fsp3) is 0.818. The summed E-state index contributed by atoms with van der Waals surface area (Å²) in [4.78, 5) is 22.0. The van der Waals surface area contributed by atoms with Crippen LogP contribution in [0.4, 0.5) is 0 Å². The molecule has 5 heteroatoms. The van der Waals surface area contributed by atoms with Gasteiger partial charge in [-0.2, -0.15) is 0 Å².